The molecule has 0 aromatic carbocycles. The number of allylic oxidation sites excluding steroid dienone is 6. The Kier molecular flexibility index (Phi) is 3.25. The first-order chi connectivity index (χ1) is 10.5. The minimum Gasteiger partial charge on any atom is -0.387 e. The van der Waals surface area contributed by atoms with Crippen molar-refractivity contribution in [3.8, 4) is 0 Å². The van der Waals surface area contributed by atoms with Crippen LogP contribution in [0, 0.1) is 17.3 Å². The fourth-order valence-corrected chi connectivity index (χ4v) is 5.16. The number of fused-ring (bicyclic) bond motifs is 4. The van der Waals surface area contributed by atoms with Gasteiger partial charge < -0.3 is 5.11 Å². The number of ketones is 1. The van der Waals surface area contributed by atoms with Crippen LogP contribution in [0.4, 0.5) is 0 Å². The smallest absolute Gasteiger partial charge is 0.156 e. The van der Waals surface area contributed by atoms with Gasteiger partial charge in [0.05, 0.1) is 6.10 Å². The summed E-state index contributed by atoms with van der Waals surface area (Å²) in [4.78, 5) is 11.7. The molecule has 0 aromatic rings. The van der Waals surface area contributed by atoms with Crippen molar-refractivity contribution in [2.45, 2.75) is 45.1 Å². The SMILES string of the molecule is C[C@]12C=CC3=C4CCC(=O)C=C4CC[C@H]3[C@@H]1CC=C(Cl)[C@@H]2O. The van der Waals surface area contributed by atoms with Crippen LogP contribution in [0.2, 0.25) is 0 Å². The molecule has 0 aliphatic heterocycles. The highest BCUT2D eigenvalue weighted by molar-refractivity contribution is 6.30. The Morgan fingerprint density at radius 2 is 2.14 bits per heavy atom. The summed E-state index contributed by atoms with van der Waals surface area (Å²) in [6, 6.07) is 0. The monoisotopic (exact) mass is 316 g/mol. The number of aliphatic hydroxyl groups excluding tert-OH is 1. The van der Waals surface area contributed by atoms with Crippen LogP contribution >= 0.6 is 11.6 Å². The summed E-state index contributed by atoms with van der Waals surface area (Å²) >= 11 is 6.20. The van der Waals surface area contributed by atoms with Gasteiger partial charge in [0.2, 0.25) is 0 Å². The minimum absolute atomic E-state index is 0.269. The first kappa shape index (κ1) is 14.5. The quantitative estimate of drug-likeness (QED) is 0.731. The predicted molar refractivity (Wildman–Crippen MR) is 87.4 cm³/mol. The lowest BCUT2D eigenvalue weighted by atomic mass is 9.55. The standard InChI is InChI=1S/C19H21ClO2/c1-19-9-8-14-13-5-3-12(21)10-11(13)2-4-15(14)16(19)6-7-17(20)18(19)22/h7-10,15-16,18,22H,2-6H2,1H3/t15-,16+,18+,19+/m1/s1. The van der Waals surface area contributed by atoms with E-state index < -0.39 is 6.10 Å². The Hall–Kier alpha value is -1.12. The normalized spacial score (nSPS) is 40.5. The van der Waals surface area contributed by atoms with Gasteiger partial charge >= 0.3 is 0 Å². The van der Waals surface area contributed by atoms with Crippen LogP contribution in [0.15, 0.2) is 46.1 Å². The summed E-state index contributed by atoms with van der Waals surface area (Å²) in [7, 11) is 0. The second-order valence-electron chi connectivity index (χ2n) is 7.25. The second kappa shape index (κ2) is 4.94. The molecule has 0 saturated carbocycles. The largest absolute Gasteiger partial charge is 0.387 e. The summed E-state index contributed by atoms with van der Waals surface area (Å²) in [5, 5.41) is 11.1. The maximum atomic E-state index is 11.7. The molecule has 0 fully saturated rings. The van der Waals surface area contributed by atoms with Crippen molar-refractivity contribution in [1.82, 2.24) is 0 Å². The number of carbonyl (C=O) groups excluding carboxylic acids is 1. The zero-order valence-corrected chi connectivity index (χ0v) is 13.6. The summed E-state index contributed by atoms with van der Waals surface area (Å²) in [6.07, 6.45) is 12.1. The highest BCUT2D eigenvalue weighted by Crippen LogP contribution is 2.55. The second-order valence-corrected chi connectivity index (χ2v) is 7.68. The lowest BCUT2D eigenvalue weighted by Gasteiger charge is -2.50. The fraction of sp³-hybridized carbons (Fsp3) is 0.526. The van der Waals surface area contributed by atoms with Crippen LogP contribution in [-0.4, -0.2) is 17.0 Å². The molecule has 0 saturated heterocycles. The average Bonchev–Trinajstić information content (AvgIpc) is 2.51. The van der Waals surface area contributed by atoms with E-state index in [0.29, 0.717) is 23.3 Å². The van der Waals surface area contributed by atoms with E-state index in [-0.39, 0.29) is 11.2 Å². The number of halogens is 1. The van der Waals surface area contributed by atoms with E-state index in [1.807, 2.05) is 12.2 Å². The molecule has 2 nitrogen and oxygen atoms in total. The number of hydrogen-bond acceptors (Lipinski definition) is 2. The molecule has 0 bridgehead atoms. The van der Waals surface area contributed by atoms with Gasteiger partial charge in [-0.25, -0.2) is 0 Å². The fourth-order valence-electron chi connectivity index (χ4n) is 4.83. The molecule has 4 rings (SSSR count). The highest BCUT2D eigenvalue weighted by atomic mass is 35.5. The van der Waals surface area contributed by atoms with Gasteiger partial charge in [0.15, 0.2) is 5.78 Å². The molecule has 116 valence electrons. The van der Waals surface area contributed by atoms with Gasteiger partial charge in [-0.15, -0.1) is 0 Å². The van der Waals surface area contributed by atoms with Crippen molar-refractivity contribution in [3.63, 3.8) is 0 Å². The molecule has 22 heavy (non-hydrogen) atoms. The molecular formula is C19H21ClO2. The predicted octanol–water partition coefficient (Wildman–Crippen LogP) is 4.06. The van der Waals surface area contributed by atoms with Crippen LogP contribution in [-0.2, 0) is 4.79 Å². The van der Waals surface area contributed by atoms with Crippen LogP contribution in [0.1, 0.15) is 39.0 Å². The van der Waals surface area contributed by atoms with Gasteiger partial charge in [-0.3, -0.25) is 4.79 Å². The number of carbonyl (C=O) groups is 1. The molecule has 0 heterocycles. The van der Waals surface area contributed by atoms with Crippen molar-refractivity contribution in [2.75, 3.05) is 0 Å². The van der Waals surface area contributed by atoms with Crippen molar-refractivity contribution in [2.24, 2.45) is 17.3 Å². The maximum absolute atomic E-state index is 11.7. The molecule has 4 atom stereocenters. The molecule has 3 heteroatoms. The van der Waals surface area contributed by atoms with E-state index in [2.05, 4.69) is 19.1 Å². The number of aliphatic hydroxyl groups is 1. The van der Waals surface area contributed by atoms with Crippen LogP contribution < -0.4 is 0 Å². The van der Waals surface area contributed by atoms with E-state index in [4.69, 9.17) is 11.6 Å². The Morgan fingerprint density at radius 1 is 1.32 bits per heavy atom. The highest BCUT2D eigenvalue weighted by Gasteiger charge is 2.49. The lowest BCUT2D eigenvalue weighted by Crippen LogP contribution is -2.46. The van der Waals surface area contributed by atoms with E-state index in [1.54, 1.807) is 0 Å². The first-order valence-electron chi connectivity index (χ1n) is 8.20. The van der Waals surface area contributed by atoms with Crippen LogP contribution in [0.3, 0.4) is 0 Å². The lowest BCUT2D eigenvalue weighted by molar-refractivity contribution is -0.114. The van der Waals surface area contributed by atoms with Crippen LogP contribution in [0.25, 0.3) is 0 Å². The third-order valence-corrected chi connectivity index (χ3v) is 6.50. The molecule has 0 spiro atoms. The number of hydrogen-bond donors (Lipinski definition) is 1. The third-order valence-electron chi connectivity index (χ3n) is 6.14. The van der Waals surface area contributed by atoms with Gasteiger partial charge in [0, 0.05) is 16.9 Å². The van der Waals surface area contributed by atoms with Crippen molar-refractivity contribution < 1.29 is 9.90 Å². The number of rotatable bonds is 0. The molecule has 0 radical (unpaired) electrons. The molecule has 4 aliphatic rings. The summed E-state index contributed by atoms with van der Waals surface area (Å²) in [6.45, 7) is 2.13. The van der Waals surface area contributed by atoms with Crippen molar-refractivity contribution >= 4 is 17.4 Å². The first-order valence-corrected chi connectivity index (χ1v) is 8.58. The Morgan fingerprint density at radius 3 is 2.95 bits per heavy atom. The zero-order valence-electron chi connectivity index (χ0n) is 12.8. The Labute approximate surface area is 136 Å². The maximum Gasteiger partial charge on any atom is 0.156 e. The molecular weight excluding hydrogens is 296 g/mol. The Bertz CT molecular complexity index is 667. The average molecular weight is 317 g/mol. The van der Waals surface area contributed by atoms with Gasteiger partial charge in [0.1, 0.15) is 0 Å². The van der Waals surface area contributed by atoms with Gasteiger partial charge in [-0.1, -0.05) is 36.8 Å². The van der Waals surface area contributed by atoms with Crippen molar-refractivity contribution in [3.05, 3.63) is 46.1 Å². The van der Waals surface area contributed by atoms with E-state index in [9.17, 15) is 9.90 Å². The third kappa shape index (κ3) is 1.93. The van der Waals surface area contributed by atoms with E-state index in [1.165, 1.54) is 16.7 Å². The molecule has 0 amide bonds. The molecule has 1 N–H and O–H groups in total. The summed E-state index contributed by atoms with van der Waals surface area (Å²) < 4.78 is 0. The Balaban J connectivity index is 1.81. The van der Waals surface area contributed by atoms with E-state index >= 15 is 0 Å². The molecule has 0 unspecified atom stereocenters. The molecule has 4 aliphatic carbocycles. The topological polar surface area (TPSA) is 37.3 Å². The van der Waals surface area contributed by atoms with Gasteiger partial charge in [-0.05, 0) is 60.3 Å². The minimum atomic E-state index is -0.597. The summed E-state index contributed by atoms with van der Waals surface area (Å²) in [5.74, 6) is 1.15. The van der Waals surface area contributed by atoms with Gasteiger partial charge in [-0.2, -0.15) is 0 Å². The summed E-state index contributed by atoms with van der Waals surface area (Å²) in [5.41, 5.74) is 3.78. The van der Waals surface area contributed by atoms with Crippen molar-refractivity contribution in [1.29, 1.82) is 0 Å². The zero-order chi connectivity index (χ0) is 15.5. The van der Waals surface area contributed by atoms with Crippen LogP contribution in [0.5, 0.6) is 0 Å². The van der Waals surface area contributed by atoms with Gasteiger partial charge in [0.25, 0.3) is 0 Å². The van der Waals surface area contributed by atoms with E-state index in [0.717, 1.165) is 25.7 Å². The molecule has 0 aromatic heterocycles.